The number of halogens is 4. The van der Waals surface area contributed by atoms with E-state index in [4.69, 9.17) is 0 Å². The quantitative estimate of drug-likeness (QED) is 0.774. The number of hydrogen-bond acceptors (Lipinski definition) is 5. The summed E-state index contributed by atoms with van der Waals surface area (Å²) < 4.78 is 42.6. The van der Waals surface area contributed by atoms with Gasteiger partial charge in [0.1, 0.15) is 12.2 Å². The summed E-state index contributed by atoms with van der Waals surface area (Å²) >= 11 is 0. The summed E-state index contributed by atoms with van der Waals surface area (Å²) in [6, 6.07) is 1.44. The predicted octanol–water partition coefficient (Wildman–Crippen LogP) is 2.02. The third kappa shape index (κ3) is 4.55. The molecule has 0 aromatic carbocycles. The van der Waals surface area contributed by atoms with E-state index < -0.39 is 30.7 Å². The summed E-state index contributed by atoms with van der Waals surface area (Å²) in [5.41, 5.74) is 0.355. The number of ether oxygens (including phenoxy) is 1. The molecule has 0 saturated carbocycles. The minimum Gasteiger partial charge on any atom is -0.462 e. The zero-order chi connectivity index (χ0) is 18.0. The second-order valence-electron chi connectivity index (χ2n) is 5.90. The lowest BCUT2D eigenvalue weighted by molar-refractivity contribution is -0.141. The molecule has 1 saturated heterocycles. The highest BCUT2D eigenvalue weighted by Crippen LogP contribution is 2.25. The van der Waals surface area contributed by atoms with Crippen LogP contribution in [0.3, 0.4) is 0 Å². The maximum atomic E-state index is 12.2. The van der Waals surface area contributed by atoms with Gasteiger partial charge in [0, 0.05) is 12.0 Å². The van der Waals surface area contributed by atoms with E-state index in [-0.39, 0.29) is 29.5 Å². The molecule has 3 heterocycles. The van der Waals surface area contributed by atoms with Crippen molar-refractivity contribution >= 4 is 24.0 Å². The van der Waals surface area contributed by atoms with Gasteiger partial charge in [-0.1, -0.05) is 0 Å². The molecule has 2 N–H and O–H groups in total. The average Bonchev–Trinajstić information content (AvgIpc) is 2.97. The molecule has 0 spiro atoms. The van der Waals surface area contributed by atoms with Crippen molar-refractivity contribution in [3.05, 3.63) is 33.9 Å². The van der Waals surface area contributed by atoms with E-state index in [1.165, 1.54) is 16.8 Å². The molecule has 0 radical (unpaired) electrons. The summed E-state index contributed by atoms with van der Waals surface area (Å²) in [5, 5.41) is 7.34. The van der Waals surface area contributed by atoms with Gasteiger partial charge in [-0.25, -0.2) is 9.31 Å². The number of esters is 1. The summed E-state index contributed by atoms with van der Waals surface area (Å²) in [7, 11) is 0. The van der Waals surface area contributed by atoms with Gasteiger partial charge in [0.2, 0.25) is 0 Å². The summed E-state index contributed by atoms with van der Waals surface area (Å²) in [4.78, 5) is 26.5. The van der Waals surface area contributed by atoms with Crippen molar-refractivity contribution in [1.82, 2.24) is 19.9 Å². The molecule has 0 amide bonds. The number of alkyl halides is 3. The van der Waals surface area contributed by atoms with Gasteiger partial charge in [-0.3, -0.25) is 4.79 Å². The molecule has 0 unspecified atom stereocenters. The lowest BCUT2D eigenvalue weighted by Gasteiger charge is -2.23. The first kappa shape index (κ1) is 20.2. The SMILES string of the molecule is Cl.O=C(OCCC(F)(F)F)c1cnn2c(C3CCNCC3)cc(=O)[nH]c12. The zero-order valence-corrected chi connectivity index (χ0v) is 14.5. The fraction of sp³-hybridized carbons (Fsp3) is 0.533. The molecule has 1 aliphatic heterocycles. The molecular weight excluding hydrogens is 377 g/mol. The summed E-state index contributed by atoms with van der Waals surface area (Å²) in [6.07, 6.45) is -2.79. The Kier molecular flexibility index (Phi) is 6.30. The van der Waals surface area contributed by atoms with E-state index in [2.05, 4.69) is 20.1 Å². The van der Waals surface area contributed by atoms with Crippen LogP contribution in [0.1, 0.15) is 41.2 Å². The lowest BCUT2D eigenvalue weighted by atomic mass is 9.94. The van der Waals surface area contributed by atoms with E-state index >= 15 is 0 Å². The van der Waals surface area contributed by atoms with Gasteiger partial charge in [-0.15, -0.1) is 12.4 Å². The molecule has 0 atom stereocenters. The monoisotopic (exact) mass is 394 g/mol. The van der Waals surface area contributed by atoms with Gasteiger partial charge >= 0.3 is 12.1 Å². The number of nitrogens with one attached hydrogen (secondary N) is 2. The maximum Gasteiger partial charge on any atom is 0.392 e. The number of fused-ring (bicyclic) bond motifs is 1. The molecule has 2 aromatic rings. The highest BCUT2D eigenvalue weighted by molar-refractivity contribution is 5.95. The van der Waals surface area contributed by atoms with Crippen molar-refractivity contribution in [1.29, 1.82) is 0 Å². The molecule has 0 bridgehead atoms. The maximum absolute atomic E-state index is 12.2. The molecule has 2 aromatic heterocycles. The van der Waals surface area contributed by atoms with Crippen LogP contribution in [0, 0.1) is 0 Å². The Morgan fingerprint density at radius 1 is 1.35 bits per heavy atom. The van der Waals surface area contributed by atoms with Crippen molar-refractivity contribution in [2.75, 3.05) is 19.7 Å². The number of aromatic nitrogens is 3. The highest BCUT2D eigenvalue weighted by atomic mass is 35.5. The molecule has 144 valence electrons. The average molecular weight is 395 g/mol. The van der Waals surface area contributed by atoms with Crippen LogP contribution in [-0.4, -0.2) is 46.4 Å². The minimum atomic E-state index is -4.40. The number of carbonyl (C=O) groups is 1. The van der Waals surface area contributed by atoms with E-state index in [0.717, 1.165) is 25.9 Å². The van der Waals surface area contributed by atoms with Crippen LogP contribution in [-0.2, 0) is 4.74 Å². The Hall–Kier alpha value is -2.07. The highest BCUT2D eigenvalue weighted by Gasteiger charge is 2.28. The first-order valence-corrected chi connectivity index (χ1v) is 7.91. The topological polar surface area (TPSA) is 88.5 Å². The first-order valence-electron chi connectivity index (χ1n) is 7.91. The Labute approximate surface area is 152 Å². The van der Waals surface area contributed by atoms with Gasteiger partial charge in [0.05, 0.1) is 18.3 Å². The van der Waals surface area contributed by atoms with Gasteiger partial charge in [0.25, 0.3) is 5.56 Å². The van der Waals surface area contributed by atoms with Gasteiger partial charge in [-0.05, 0) is 25.9 Å². The number of carbonyl (C=O) groups excluding carboxylic acids is 1. The van der Waals surface area contributed by atoms with Crippen molar-refractivity contribution < 1.29 is 22.7 Å². The molecule has 1 fully saturated rings. The number of hydrogen-bond donors (Lipinski definition) is 2. The van der Waals surface area contributed by atoms with Crippen LogP contribution < -0.4 is 10.9 Å². The lowest BCUT2D eigenvalue weighted by Crippen LogP contribution is -2.28. The van der Waals surface area contributed by atoms with Crippen LogP contribution in [0.5, 0.6) is 0 Å². The predicted molar refractivity (Wildman–Crippen MR) is 88.9 cm³/mol. The fourth-order valence-corrected chi connectivity index (χ4v) is 2.91. The van der Waals surface area contributed by atoms with Crippen LogP contribution in [0.2, 0.25) is 0 Å². The molecule has 1 aliphatic rings. The molecule has 7 nitrogen and oxygen atoms in total. The smallest absolute Gasteiger partial charge is 0.392 e. The normalized spacial score (nSPS) is 15.7. The standard InChI is InChI=1S/C15H17F3N4O3.ClH/c16-15(17,18)3-6-25-14(24)10-8-20-22-11(7-12(23)21-13(10)22)9-1-4-19-5-2-9;/h7-9,19H,1-6H2,(H,21,23);1H. The third-order valence-corrected chi connectivity index (χ3v) is 4.13. The molecule has 26 heavy (non-hydrogen) atoms. The zero-order valence-electron chi connectivity index (χ0n) is 13.6. The second kappa shape index (κ2) is 8.09. The third-order valence-electron chi connectivity index (χ3n) is 4.13. The van der Waals surface area contributed by atoms with E-state index in [0.29, 0.717) is 5.69 Å². The molecule has 11 heteroatoms. The summed E-state index contributed by atoms with van der Waals surface area (Å²) in [5.74, 6) is -0.836. The molecule has 3 rings (SSSR count). The Morgan fingerprint density at radius 3 is 2.69 bits per heavy atom. The van der Waals surface area contributed by atoms with Crippen LogP contribution in [0.15, 0.2) is 17.1 Å². The number of rotatable bonds is 4. The number of H-pyrrole nitrogens is 1. The second-order valence-corrected chi connectivity index (χ2v) is 5.90. The number of nitrogens with zero attached hydrogens (tertiary/aromatic N) is 2. The van der Waals surface area contributed by atoms with Crippen LogP contribution in [0.4, 0.5) is 13.2 Å². The van der Waals surface area contributed by atoms with Gasteiger partial charge in [0.15, 0.2) is 5.65 Å². The largest absolute Gasteiger partial charge is 0.462 e. The minimum absolute atomic E-state index is 0. The van der Waals surface area contributed by atoms with E-state index in [9.17, 15) is 22.8 Å². The van der Waals surface area contributed by atoms with Crippen LogP contribution in [0.25, 0.3) is 5.65 Å². The molecule has 0 aliphatic carbocycles. The van der Waals surface area contributed by atoms with E-state index in [1.54, 1.807) is 0 Å². The Morgan fingerprint density at radius 2 is 2.04 bits per heavy atom. The van der Waals surface area contributed by atoms with Crippen molar-refractivity contribution in [3.8, 4) is 0 Å². The van der Waals surface area contributed by atoms with Crippen molar-refractivity contribution in [3.63, 3.8) is 0 Å². The first-order chi connectivity index (χ1) is 11.8. The van der Waals surface area contributed by atoms with Crippen molar-refractivity contribution in [2.24, 2.45) is 0 Å². The Balaban J connectivity index is 0.00000243. The Bertz CT molecular complexity index is 828. The summed E-state index contributed by atoms with van der Waals surface area (Å²) in [6.45, 7) is 0.844. The fourth-order valence-electron chi connectivity index (χ4n) is 2.91. The van der Waals surface area contributed by atoms with E-state index in [1.807, 2.05) is 0 Å². The number of piperidine rings is 1. The van der Waals surface area contributed by atoms with Gasteiger partial charge in [-0.2, -0.15) is 18.3 Å². The molecular formula is C15H18ClF3N4O3. The van der Waals surface area contributed by atoms with Crippen LogP contribution >= 0.6 is 12.4 Å². The van der Waals surface area contributed by atoms with Crippen molar-refractivity contribution in [2.45, 2.75) is 31.4 Å². The van der Waals surface area contributed by atoms with Gasteiger partial charge < -0.3 is 15.0 Å². The number of aromatic amines is 1.